The van der Waals surface area contributed by atoms with E-state index >= 15 is 0 Å². The molecule has 0 unspecified atom stereocenters. The Morgan fingerprint density at radius 3 is 2.45 bits per heavy atom. The second-order valence-corrected chi connectivity index (χ2v) is 11.1. The third-order valence-electron chi connectivity index (χ3n) is 9.78. The smallest absolute Gasteiger partial charge is 0.306 e. The van der Waals surface area contributed by atoms with Crippen LogP contribution in [-0.4, -0.2) is 30.1 Å². The van der Waals surface area contributed by atoms with E-state index in [4.69, 9.17) is 4.74 Å². The monoisotopic (exact) mass is 431 g/mol. The molecule has 4 fully saturated rings. The SMILES string of the molecule is C[C@]12CCC(=O)C[C@H]1CC[C@@H]1[C@H]3CC[C@H](C(=O)COC(=O)CCC(=O)[O-])[C@@]3(C)CC[C@@H]12. The van der Waals surface area contributed by atoms with Crippen LogP contribution in [0.3, 0.4) is 0 Å². The van der Waals surface area contributed by atoms with Crippen LogP contribution in [0.5, 0.6) is 0 Å². The number of carbonyl (C=O) groups excluding carboxylic acids is 4. The van der Waals surface area contributed by atoms with Crippen LogP contribution in [0.4, 0.5) is 0 Å². The molecule has 0 aromatic rings. The summed E-state index contributed by atoms with van der Waals surface area (Å²) in [5.41, 5.74) is 0.206. The minimum atomic E-state index is -1.29. The zero-order chi connectivity index (χ0) is 22.4. The number of rotatable bonds is 6. The topological polar surface area (TPSA) is 101 Å². The molecule has 0 spiro atoms. The van der Waals surface area contributed by atoms with Crippen LogP contribution < -0.4 is 5.11 Å². The molecule has 6 heteroatoms. The molecule has 0 heterocycles. The molecule has 0 saturated heterocycles. The molecule has 0 N–H and O–H groups in total. The fourth-order valence-electron chi connectivity index (χ4n) is 8.10. The number of ketones is 2. The predicted octanol–water partition coefficient (Wildman–Crippen LogP) is 2.86. The Balaban J connectivity index is 1.41. The summed E-state index contributed by atoms with van der Waals surface area (Å²) in [7, 11) is 0. The van der Waals surface area contributed by atoms with Crippen molar-refractivity contribution in [2.45, 2.75) is 84.5 Å². The molecular weight excluding hydrogens is 396 g/mol. The van der Waals surface area contributed by atoms with E-state index in [0.29, 0.717) is 29.5 Å². The van der Waals surface area contributed by atoms with Crippen molar-refractivity contribution in [3.05, 3.63) is 0 Å². The van der Waals surface area contributed by atoms with Gasteiger partial charge in [-0.2, -0.15) is 0 Å². The van der Waals surface area contributed by atoms with Crippen LogP contribution in [0.1, 0.15) is 84.5 Å². The van der Waals surface area contributed by atoms with E-state index in [1.807, 2.05) is 0 Å². The molecule has 4 aliphatic rings. The van der Waals surface area contributed by atoms with Crippen LogP contribution in [0.15, 0.2) is 0 Å². The summed E-state index contributed by atoms with van der Waals surface area (Å²) >= 11 is 0. The van der Waals surface area contributed by atoms with Gasteiger partial charge in [0.1, 0.15) is 12.4 Å². The van der Waals surface area contributed by atoms with Crippen molar-refractivity contribution in [3.63, 3.8) is 0 Å². The number of Topliss-reactive ketones (excluding diaryl/α,β-unsaturated/α-hetero) is 2. The molecule has 31 heavy (non-hydrogen) atoms. The average molecular weight is 432 g/mol. The quantitative estimate of drug-likeness (QED) is 0.600. The number of ether oxygens (including phenoxy) is 1. The van der Waals surface area contributed by atoms with E-state index in [1.54, 1.807) is 0 Å². The first kappa shape index (κ1) is 22.5. The molecular formula is C25H35O6-. The van der Waals surface area contributed by atoms with Gasteiger partial charge in [-0.05, 0) is 85.9 Å². The number of carboxylic acid groups (broad SMARTS) is 1. The summed E-state index contributed by atoms with van der Waals surface area (Å²) in [6.45, 7) is 4.43. The third kappa shape index (κ3) is 3.95. The number of hydrogen-bond acceptors (Lipinski definition) is 6. The van der Waals surface area contributed by atoms with E-state index < -0.39 is 11.9 Å². The highest BCUT2D eigenvalue weighted by molar-refractivity contribution is 5.86. The molecule has 172 valence electrons. The summed E-state index contributed by atoms with van der Waals surface area (Å²) in [5.74, 6) is 0.686. The molecule has 0 amide bonds. The van der Waals surface area contributed by atoms with Crippen LogP contribution >= 0.6 is 0 Å². The highest BCUT2D eigenvalue weighted by Crippen LogP contribution is 2.67. The first-order chi connectivity index (χ1) is 14.6. The Hall–Kier alpha value is -1.72. The molecule has 4 aliphatic carbocycles. The summed E-state index contributed by atoms with van der Waals surface area (Å²) in [5, 5.41) is 10.5. The largest absolute Gasteiger partial charge is 0.550 e. The van der Waals surface area contributed by atoms with Crippen LogP contribution in [0.25, 0.3) is 0 Å². The lowest BCUT2D eigenvalue weighted by Crippen LogP contribution is -2.54. The number of hydrogen-bond donors (Lipinski definition) is 0. The lowest BCUT2D eigenvalue weighted by atomic mass is 9.44. The standard InChI is InChI=1S/C25H36O6/c1-24-11-9-16(26)13-15(24)3-4-17-18-5-6-20(25(18,2)12-10-19(17)24)21(27)14-31-23(30)8-7-22(28)29/h15,17-20H,3-14H2,1-2H3,(H,28,29)/p-1/t15-,17-,18-,19+,20-,24+,25+/m1/s1. The lowest BCUT2D eigenvalue weighted by molar-refractivity contribution is -0.305. The van der Waals surface area contributed by atoms with E-state index in [-0.39, 0.29) is 42.0 Å². The first-order valence-electron chi connectivity index (χ1n) is 12.0. The van der Waals surface area contributed by atoms with E-state index in [0.717, 1.165) is 57.8 Å². The van der Waals surface area contributed by atoms with Gasteiger partial charge in [0, 0.05) is 24.7 Å². The number of aliphatic carboxylic acids is 1. The van der Waals surface area contributed by atoms with Crippen molar-refractivity contribution in [1.29, 1.82) is 0 Å². The summed E-state index contributed by atoms with van der Waals surface area (Å²) in [6.07, 6.45) is 8.18. The zero-order valence-corrected chi connectivity index (χ0v) is 18.8. The second-order valence-electron chi connectivity index (χ2n) is 11.1. The second kappa shape index (κ2) is 8.32. The van der Waals surface area contributed by atoms with Crippen molar-refractivity contribution in [3.8, 4) is 0 Å². The summed E-state index contributed by atoms with van der Waals surface area (Å²) in [4.78, 5) is 47.3. The van der Waals surface area contributed by atoms with E-state index in [2.05, 4.69) is 13.8 Å². The van der Waals surface area contributed by atoms with Gasteiger partial charge in [-0.15, -0.1) is 0 Å². The summed E-state index contributed by atoms with van der Waals surface area (Å²) in [6, 6.07) is 0. The minimum Gasteiger partial charge on any atom is -0.550 e. The van der Waals surface area contributed by atoms with E-state index in [1.165, 1.54) is 0 Å². The maximum Gasteiger partial charge on any atom is 0.306 e. The molecule has 7 atom stereocenters. The van der Waals surface area contributed by atoms with Gasteiger partial charge < -0.3 is 14.6 Å². The highest BCUT2D eigenvalue weighted by atomic mass is 16.5. The van der Waals surface area contributed by atoms with E-state index in [9.17, 15) is 24.3 Å². The van der Waals surface area contributed by atoms with Gasteiger partial charge in [-0.25, -0.2) is 0 Å². The average Bonchev–Trinajstić information content (AvgIpc) is 3.08. The number of carboxylic acids is 1. The molecule has 0 aromatic carbocycles. The lowest BCUT2D eigenvalue weighted by Gasteiger charge is -2.60. The van der Waals surface area contributed by atoms with Crippen molar-refractivity contribution in [2.75, 3.05) is 6.61 Å². The Bertz CT molecular complexity index is 774. The third-order valence-corrected chi connectivity index (χ3v) is 9.78. The number of fused-ring (bicyclic) bond motifs is 5. The Labute approximate surface area is 184 Å². The molecule has 0 aromatic heterocycles. The highest BCUT2D eigenvalue weighted by Gasteiger charge is 2.61. The first-order valence-corrected chi connectivity index (χ1v) is 12.0. The van der Waals surface area contributed by atoms with Gasteiger partial charge in [-0.1, -0.05) is 13.8 Å². The Morgan fingerprint density at radius 1 is 0.968 bits per heavy atom. The van der Waals surface area contributed by atoms with Crippen molar-refractivity contribution < 1.29 is 29.0 Å². The molecule has 0 bridgehead atoms. The normalized spacial score (nSPS) is 41.6. The van der Waals surface area contributed by atoms with Crippen LogP contribution in [-0.2, 0) is 23.9 Å². The molecule has 0 aliphatic heterocycles. The van der Waals surface area contributed by atoms with Crippen LogP contribution in [0.2, 0.25) is 0 Å². The molecule has 4 rings (SSSR count). The fourth-order valence-corrected chi connectivity index (χ4v) is 8.10. The molecule has 6 nitrogen and oxygen atoms in total. The van der Waals surface area contributed by atoms with Crippen molar-refractivity contribution >= 4 is 23.5 Å². The molecule has 4 saturated carbocycles. The maximum atomic E-state index is 13.0. The number of esters is 1. The number of carbonyl (C=O) groups is 4. The van der Waals surface area contributed by atoms with Gasteiger partial charge in [0.05, 0.1) is 6.42 Å². The maximum absolute atomic E-state index is 13.0. The molecule has 0 radical (unpaired) electrons. The van der Waals surface area contributed by atoms with Gasteiger partial charge in [0.15, 0.2) is 5.78 Å². The minimum absolute atomic E-state index is 0.0200. The van der Waals surface area contributed by atoms with Gasteiger partial charge in [-0.3, -0.25) is 14.4 Å². The van der Waals surface area contributed by atoms with Crippen molar-refractivity contribution in [1.82, 2.24) is 0 Å². The zero-order valence-electron chi connectivity index (χ0n) is 18.8. The summed E-state index contributed by atoms with van der Waals surface area (Å²) < 4.78 is 5.08. The van der Waals surface area contributed by atoms with Crippen LogP contribution in [0, 0.1) is 40.4 Å². The Kier molecular flexibility index (Phi) is 6.04. The van der Waals surface area contributed by atoms with Crippen molar-refractivity contribution in [2.24, 2.45) is 40.4 Å². The predicted molar refractivity (Wildman–Crippen MR) is 110 cm³/mol. The Morgan fingerprint density at radius 2 is 1.71 bits per heavy atom. The van der Waals surface area contributed by atoms with Gasteiger partial charge in [0.25, 0.3) is 0 Å². The van der Waals surface area contributed by atoms with Gasteiger partial charge in [0.2, 0.25) is 0 Å². The van der Waals surface area contributed by atoms with Gasteiger partial charge >= 0.3 is 5.97 Å². The fraction of sp³-hybridized carbons (Fsp3) is 0.840.